The third kappa shape index (κ3) is 2.50. The van der Waals surface area contributed by atoms with E-state index in [9.17, 15) is 13.2 Å². The van der Waals surface area contributed by atoms with Gasteiger partial charge in [-0.05, 0) is 25.0 Å². The van der Waals surface area contributed by atoms with Gasteiger partial charge in [-0.2, -0.15) is 5.10 Å². The van der Waals surface area contributed by atoms with Gasteiger partial charge in [-0.25, -0.2) is 13.1 Å². The van der Waals surface area contributed by atoms with Crippen LogP contribution in [-0.2, 0) is 14.6 Å². The van der Waals surface area contributed by atoms with Crippen LogP contribution in [0.3, 0.4) is 0 Å². The molecular formula is C16H18N4O3S. The largest absolute Gasteiger partial charge is 0.311 e. The zero-order chi connectivity index (χ0) is 16.9. The summed E-state index contributed by atoms with van der Waals surface area (Å²) in [5.41, 5.74) is 2.75. The van der Waals surface area contributed by atoms with Crippen LogP contribution < -0.4 is 5.32 Å². The molecule has 8 heteroatoms. The zero-order valence-electron chi connectivity index (χ0n) is 13.3. The van der Waals surface area contributed by atoms with Crippen LogP contribution >= 0.6 is 0 Å². The van der Waals surface area contributed by atoms with Crippen molar-refractivity contribution in [2.24, 2.45) is 0 Å². The van der Waals surface area contributed by atoms with E-state index in [4.69, 9.17) is 0 Å². The van der Waals surface area contributed by atoms with Crippen LogP contribution in [0.5, 0.6) is 0 Å². The second-order valence-corrected chi connectivity index (χ2v) is 8.67. The molecule has 2 aliphatic heterocycles. The summed E-state index contributed by atoms with van der Waals surface area (Å²) in [5.74, 6) is 0.700. The van der Waals surface area contributed by atoms with Crippen LogP contribution in [0.4, 0.5) is 5.82 Å². The summed E-state index contributed by atoms with van der Waals surface area (Å²) in [6.07, 6.45) is 4.34. The van der Waals surface area contributed by atoms with E-state index in [2.05, 4.69) is 15.4 Å². The number of carbonyl (C=O) groups is 1. The van der Waals surface area contributed by atoms with Gasteiger partial charge in [-0.3, -0.25) is 9.78 Å². The van der Waals surface area contributed by atoms with Crippen molar-refractivity contribution in [3.8, 4) is 0 Å². The monoisotopic (exact) mass is 346 g/mol. The highest BCUT2D eigenvalue weighted by molar-refractivity contribution is 7.91. The number of nitrogens with one attached hydrogen (secondary N) is 1. The van der Waals surface area contributed by atoms with Gasteiger partial charge in [-0.1, -0.05) is 6.07 Å². The van der Waals surface area contributed by atoms with Crippen LogP contribution in [-0.4, -0.2) is 40.6 Å². The molecule has 2 atom stereocenters. The Labute approximate surface area is 140 Å². The van der Waals surface area contributed by atoms with Gasteiger partial charge < -0.3 is 5.32 Å². The third-order valence-electron chi connectivity index (χ3n) is 4.77. The van der Waals surface area contributed by atoms with Gasteiger partial charge in [0.2, 0.25) is 5.91 Å². The summed E-state index contributed by atoms with van der Waals surface area (Å²) in [6.45, 7) is 1.90. The second-order valence-electron chi connectivity index (χ2n) is 6.44. The Balaban J connectivity index is 1.81. The molecule has 0 spiro atoms. The Morgan fingerprint density at radius 1 is 1.38 bits per heavy atom. The summed E-state index contributed by atoms with van der Waals surface area (Å²) in [5, 5.41) is 7.47. The summed E-state index contributed by atoms with van der Waals surface area (Å²) < 4.78 is 25.3. The molecule has 1 N–H and O–H groups in total. The lowest BCUT2D eigenvalue weighted by Gasteiger charge is -2.25. The van der Waals surface area contributed by atoms with Crippen LogP contribution in [0.2, 0.25) is 0 Å². The number of anilines is 1. The molecule has 2 aromatic heterocycles. The number of nitrogens with zero attached hydrogens (tertiary/aromatic N) is 3. The van der Waals surface area contributed by atoms with E-state index in [1.807, 2.05) is 19.1 Å². The Hall–Kier alpha value is -2.22. The molecule has 2 aliphatic rings. The minimum absolute atomic E-state index is 0.0774. The van der Waals surface area contributed by atoms with Crippen molar-refractivity contribution in [2.75, 3.05) is 16.8 Å². The number of pyridine rings is 1. The lowest BCUT2D eigenvalue weighted by Crippen LogP contribution is -2.26. The first-order valence-corrected chi connectivity index (χ1v) is 9.76. The Kier molecular flexibility index (Phi) is 3.45. The van der Waals surface area contributed by atoms with E-state index in [1.165, 1.54) is 0 Å². The van der Waals surface area contributed by atoms with Gasteiger partial charge in [-0.15, -0.1) is 0 Å². The van der Waals surface area contributed by atoms with E-state index in [0.29, 0.717) is 18.7 Å². The molecule has 24 heavy (non-hydrogen) atoms. The van der Waals surface area contributed by atoms with Crippen molar-refractivity contribution in [3.05, 3.63) is 41.3 Å². The number of rotatable bonds is 2. The Morgan fingerprint density at radius 2 is 2.21 bits per heavy atom. The minimum atomic E-state index is -3.02. The fraction of sp³-hybridized carbons (Fsp3) is 0.438. The highest BCUT2D eigenvalue weighted by Gasteiger charge is 2.37. The Morgan fingerprint density at radius 3 is 2.88 bits per heavy atom. The fourth-order valence-electron chi connectivity index (χ4n) is 3.67. The smallest absolute Gasteiger partial charge is 0.226 e. The van der Waals surface area contributed by atoms with Crippen LogP contribution in [0.15, 0.2) is 24.5 Å². The molecule has 0 aromatic carbocycles. The maximum atomic E-state index is 12.2. The first-order valence-electron chi connectivity index (χ1n) is 7.94. The molecule has 0 unspecified atom stereocenters. The number of sulfone groups is 1. The van der Waals surface area contributed by atoms with Gasteiger partial charge in [0.25, 0.3) is 0 Å². The number of fused-ring (bicyclic) bond motifs is 1. The molecule has 0 saturated carbocycles. The number of amides is 1. The lowest BCUT2D eigenvalue weighted by molar-refractivity contribution is -0.116. The number of carbonyl (C=O) groups excluding carboxylic acids is 1. The average Bonchev–Trinajstić information content (AvgIpc) is 3.07. The standard InChI is InChI=1S/C16H18N4O3S/c1-10-15-13(11-3-2-5-17-8-11)7-14(21)18-16(15)20(19-10)12-4-6-24(22,23)9-12/h2-3,5,8,12-13H,4,6-7,9H2,1H3,(H,18,21)/t12-,13+/m1/s1. The topological polar surface area (TPSA) is 93.9 Å². The van der Waals surface area contributed by atoms with Crippen LogP contribution in [0, 0.1) is 6.92 Å². The van der Waals surface area contributed by atoms with Gasteiger partial charge in [0, 0.05) is 30.3 Å². The molecule has 4 heterocycles. The molecule has 1 fully saturated rings. The molecule has 0 radical (unpaired) electrons. The van der Waals surface area contributed by atoms with E-state index >= 15 is 0 Å². The number of aryl methyl sites for hydroxylation is 1. The van der Waals surface area contributed by atoms with Crippen molar-refractivity contribution in [1.29, 1.82) is 0 Å². The first kappa shape index (κ1) is 15.3. The average molecular weight is 346 g/mol. The summed E-state index contributed by atoms with van der Waals surface area (Å²) in [6, 6.07) is 3.59. The second kappa shape index (κ2) is 5.41. The Bertz CT molecular complexity index is 905. The fourth-order valence-corrected chi connectivity index (χ4v) is 5.36. The number of hydrogen-bond acceptors (Lipinski definition) is 5. The maximum Gasteiger partial charge on any atom is 0.226 e. The van der Waals surface area contributed by atoms with Gasteiger partial charge in [0.1, 0.15) is 5.82 Å². The SMILES string of the molecule is Cc1nn([C@@H]2CCS(=O)(=O)C2)c2c1[C@H](c1cccnc1)CC(=O)N2. The molecule has 0 bridgehead atoms. The first-order chi connectivity index (χ1) is 11.4. The quantitative estimate of drug-likeness (QED) is 0.887. The molecular weight excluding hydrogens is 328 g/mol. The van der Waals surface area contributed by atoms with Gasteiger partial charge in [0.15, 0.2) is 9.84 Å². The molecule has 0 aliphatic carbocycles. The number of aromatic nitrogens is 3. The normalized spacial score (nSPS) is 25.3. The zero-order valence-corrected chi connectivity index (χ0v) is 14.1. The van der Waals surface area contributed by atoms with E-state index in [0.717, 1.165) is 16.8 Å². The van der Waals surface area contributed by atoms with Crippen molar-refractivity contribution < 1.29 is 13.2 Å². The maximum absolute atomic E-state index is 12.2. The summed E-state index contributed by atoms with van der Waals surface area (Å²) in [7, 11) is -3.02. The van der Waals surface area contributed by atoms with Crippen molar-refractivity contribution in [1.82, 2.24) is 14.8 Å². The van der Waals surface area contributed by atoms with Crippen LogP contribution in [0.25, 0.3) is 0 Å². The third-order valence-corrected chi connectivity index (χ3v) is 6.52. The summed E-state index contributed by atoms with van der Waals surface area (Å²) in [4.78, 5) is 16.4. The van der Waals surface area contributed by atoms with Crippen molar-refractivity contribution in [2.45, 2.75) is 31.7 Å². The lowest BCUT2D eigenvalue weighted by atomic mass is 9.86. The molecule has 1 saturated heterocycles. The van der Waals surface area contributed by atoms with Gasteiger partial charge >= 0.3 is 0 Å². The summed E-state index contributed by atoms with van der Waals surface area (Å²) >= 11 is 0. The highest BCUT2D eigenvalue weighted by Crippen LogP contribution is 2.41. The molecule has 4 rings (SSSR count). The van der Waals surface area contributed by atoms with Crippen LogP contribution in [0.1, 0.15) is 41.6 Å². The number of hydrogen-bond donors (Lipinski definition) is 1. The molecule has 2 aromatic rings. The minimum Gasteiger partial charge on any atom is -0.311 e. The van der Waals surface area contributed by atoms with E-state index in [1.54, 1.807) is 17.1 Å². The van der Waals surface area contributed by atoms with Crippen molar-refractivity contribution in [3.63, 3.8) is 0 Å². The van der Waals surface area contributed by atoms with Gasteiger partial charge in [0.05, 0.1) is 23.2 Å². The van der Waals surface area contributed by atoms with Crippen molar-refractivity contribution >= 4 is 21.6 Å². The van der Waals surface area contributed by atoms with E-state index < -0.39 is 9.84 Å². The molecule has 7 nitrogen and oxygen atoms in total. The predicted molar refractivity (Wildman–Crippen MR) is 88.6 cm³/mol. The molecule has 126 valence electrons. The van der Waals surface area contributed by atoms with E-state index in [-0.39, 0.29) is 29.4 Å². The predicted octanol–water partition coefficient (Wildman–Crippen LogP) is 1.42. The highest BCUT2D eigenvalue weighted by atomic mass is 32.2. The molecule has 1 amide bonds.